The molecule has 4 aromatic heterocycles. The molecule has 0 atom stereocenters. The van der Waals surface area contributed by atoms with E-state index in [0.29, 0.717) is 121 Å². The van der Waals surface area contributed by atoms with Gasteiger partial charge in [-0.1, -0.05) is 69.6 Å². The molecule has 0 saturated carbocycles. The Morgan fingerprint density at radius 1 is 0.579 bits per heavy atom. The summed E-state index contributed by atoms with van der Waals surface area (Å²) in [6.07, 6.45) is 6.71. The largest absolute Gasteiger partial charge is 0.493 e. The van der Waals surface area contributed by atoms with Crippen molar-refractivity contribution >= 4 is 114 Å². The number of rotatable bonds is 10. The van der Waals surface area contributed by atoms with Gasteiger partial charge in [-0.15, -0.1) is 0 Å². The van der Waals surface area contributed by atoms with Crippen LogP contribution in [0, 0.1) is 0 Å². The minimum Gasteiger partial charge on any atom is -0.493 e. The van der Waals surface area contributed by atoms with E-state index < -0.39 is 0 Å². The van der Waals surface area contributed by atoms with Crippen LogP contribution >= 0.6 is 69.6 Å². The Kier molecular flexibility index (Phi) is 11.1. The van der Waals surface area contributed by atoms with Gasteiger partial charge in [-0.25, -0.2) is 19.9 Å². The second-order valence-electron chi connectivity index (χ2n) is 12.5. The molecule has 0 aliphatic rings. The van der Waals surface area contributed by atoms with Crippen LogP contribution < -0.4 is 20.1 Å². The van der Waals surface area contributed by atoms with Crippen molar-refractivity contribution in [3.8, 4) is 45.4 Å². The van der Waals surface area contributed by atoms with Gasteiger partial charge in [0.2, 0.25) is 0 Å². The molecule has 2 N–H and O–H groups in total. The number of nitrogens with one attached hydrogen (secondary N) is 2. The smallest absolute Gasteiger partial charge is 0.163 e. The van der Waals surface area contributed by atoms with Gasteiger partial charge in [0.15, 0.2) is 23.1 Å². The van der Waals surface area contributed by atoms with Gasteiger partial charge in [0.1, 0.15) is 11.6 Å². The Labute approximate surface area is 356 Å². The third-order valence-corrected chi connectivity index (χ3v) is 10.6. The number of benzene rings is 4. The third-order valence-electron chi connectivity index (χ3n) is 8.66. The van der Waals surface area contributed by atoms with Crippen molar-refractivity contribution in [1.82, 2.24) is 29.9 Å². The maximum atomic E-state index is 6.90. The standard InChI is InChI=1S/C41H26Cl6N8O2/c1-3-57-36-14-29-34(16-35(36)56-2)53-38(20-5-4-6-48-17-20)54-41(29)51-26-11-27(37(47)32(46)12-26)21-7-22(19-49-18-21)39-52-33-15-31(45)30(44)13-28(33)40(55-39)50-25-9-23(42)8-24(43)10-25/h4-19H,3H2,1-2H3,(H,50,52,55)(H,51,53,54). The van der Waals surface area contributed by atoms with E-state index in [0.717, 1.165) is 5.56 Å². The number of ether oxygens (including phenoxy) is 2. The van der Waals surface area contributed by atoms with E-state index in [1.165, 1.54) is 0 Å². The van der Waals surface area contributed by atoms with E-state index in [-0.39, 0.29) is 0 Å². The Morgan fingerprint density at radius 3 is 1.89 bits per heavy atom. The van der Waals surface area contributed by atoms with Crippen molar-refractivity contribution < 1.29 is 9.47 Å². The minimum atomic E-state index is 0.296. The number of methoxy groups -OCH3 is 1. The van der Waals surface area contributed by atoms with Crippen molar-refractivity contribution in [2.75, 3.05) is 24.4 Å². The molecule has 4 aromatic carbocycles. The molecule has 57 heavy (non-hydrogen) atoms. The molecule has 4 heterocycles. The average Bonchev–Trinajstić information content (AvgIpc) is 3.19. The van der Waals surface area contributed by atoms with Crippen molar-refractivity contribution in [3.05, 3.63) is 128 Å². The fraction of sp³-hybridized carbons (Fsp3) is 0.0732. The summed E-state index contributed by atoms with van der Waals surface area (Å²) in [5.74, 6) is 2.81. The summed E-state index contributed by atoms with van der Waals surface area (Å²) in [4.78, 5) is 28.3. The molecule has 8 rings (SSSR count). The number of fused-ring (bicyclic) bond motifs is 2. The molecule has 0 bridgehead atoms. The fourth-order valence-electron chi connectivity index (χ4n) is 6.11. The maximum Gasteiger partial charge on any atom is 0.163 e. The second-order valence-corrected chi connectivity index (χ2v) is 14.9. The second kappa shape index (κ2) is 16.3. The monoisotopic (exact) mass is 872 g/mol. The van der Waals surface area contributed by atoms with E-state index in [9.17, 15) is 0 Å². The highest BCUT2D eigenvalue weighted by atomic mass is 35.5. The number of anilines is 4. The first-order valence-electron chi connectivity index (χ1n) is 17.1. The van der Waals surface area contributed by atoms with Gasteiger partial charge >= 0.3 is 0 Å². The van der Waals surface area contributed by atoms with E-state index >= 15 is 0 Å². The highest BCUT2D eigenvalue weighted by Crippen LogP contribution is 2.41. The molecule has 0 aliphatic heterocycles. The van der Waals surface area contributed by atoms with Crippen LogP contribution in [0.4, 0.5) is 23.0 Å². The van der Waals surface area contributed by atoms with Gasteiger partial charge in [0.25, 0.3) is 0 Å². The zero-order valence-corrected chi connectivity index (χ0v) is 34.2. The van der Waals surface area contributed by atoms with Gasteiger partial charge in [0, 0.05) is 85.3 Å². The number of hydrogen-bond donors (Lipinski definition) is 2. The summed E-state index contributed by atoms with van der Waals surface area (Å²) in [6.45, 7) is 2.33. The first-order chi connectivity index (χ1) is 27.6. The molecule has 10 nitrogen and oxygen atoms in total. The lowest BCUT2D eigenvalue weighted by atomic mass is 10.0. The van der Waals surface area contributed by atoms with Crippen LogP contribution in [-0.2, 0) is 0 Å². The molecule has 0 spiro atoms. The number of aromatic nitrogens is 6. The van der Waals surface area contributed by atoms with Crippen LogP contribution in [0.1, 0.15) is 6.92 Å². The van der Waals surface area contributed by atoms with Gasteiger partial charge in [-0.3, -0.25) is 9.97 Å². The Balaban J connectivity index is 1.22. The van der Waals surface area contributed by atoms with Crippen LogP contribution in [0.15, 0.2) is 97.6 Å². The lowest BCUT2D eigenvalue weighted by Gasteiger charge is -2.16. The van der Waals surface area contributed by atoms with Gasteiger partial charge in [-0.05, 0) is 73.7 Å². The molecule has 0 radical (unpaired) electrons. The normalized spacial score (nSPS) is 11.2. The third kappa shape index (κ3) is 8.15. The molecule has 8 aromatic rings. The molecule has 284 valence electrons. The SMILES string of the molecule is CCOc1cc2c(Nc3cc(Cl)c(Cl)c(-c4cncc(-c5nc(Nc6cc(Cl)cc(Cl)c6)c6cc(Cl)c(Cl)cc6n5)c4)c3)nc(-c3cccnc3)nc2cc1OC. The molecule has 0 saturated heterocycles. The predicted molar refractivity (Wildman–Crippen MR) is 232 cm³/mol. The Bertz CT molecular complexity index is 2830. The van der Waals surface area contributed by atoms with Crippen molar-refractivity contribution in [2.24, 2.45) is 0 Å². The first kappa shape index (κ1) is 38.7. The van der Waals surface area contributed by atoms with E-state index in [1.807, 2.05) is 43.3 Å². The van der Waals surface area contributed by atoms with Crippen LogP contribution in [0.3, 0.4) is 0 Å². The first-order valence-corrected chi connectivity index (χ1v) is 19.4. The van der Waals surface area contributed by atoms with Crippen LogP contribution in [0.5, 0.6) is 11.5 Å². The van der Waals surface area contributed by atoms with Crippen molar-refractivity contribution in [2.45, 2.75) is 6.92 Å². The summed E-state index contributed by atoms with van der Waals surface area (Å²) in [6, 6.07) is 21.3. The quantitative estimate of drug-likeness (QED) is 0.137. The minimum absolute atomic E-state index is 0.296. The topological polar surface area (TPSA) is 120 Å². The van der Waals surface area contributed by atoms with E-state index in [4.69, 9.17) is 99.0 Å². The molecular formula is C41H26Cl6N8O2. The van der Waals surface area contributed by atoms with Crippen molar-refractivity contribution in [3.63, 3.8) is 0 Å². The molecule has 0 amide bonds. The molecule has 0 fully saturated rings. The molecule has 0 aliphatic carbocycles. The highest BCUT2D eigenvalue weighted by Gasteiger charge is 2.19. The van der Waals surface area contributed by atoms with Crippen molar-refractivity contribution in [1.29, 1.82) is 0 Å². The number of halogens is 6. The zero-order valence-electron chi connectivity index (χ0n) is 29.7. The zero-order chi connectivity index (χ0) is 39.8. The maximum absolute atomic E-state index is 6.90. The summed E-state index contributed by atoms with van der Waals surface area (Å²) in [7, 11) is 1.58. The summed E-state index contributed by atoms with van der Waals surface area (Å²) in [5.41, 5.74) is 4.90. The Hall–Kier alpha value is -5.20. The number of hydrogen-bond acceptors (Lipinski definition) is 10. The molecular weight excluding hydrogens is 849 g/mol. The highest BCUT2D eigenvalue weighted by molar-refractivity contribution is 6.44. The average molecular weight is 875 g/mol. The van der Waals surface area contributed by atoms with Crippen LogP contribution in [-0.4, -0.2) is 43.6 Å². The molecule has 0 unspecified atom stereocenters. The van der Waals surface area contributed by atoms with Gasteiger partial charge in [0.05, 0.1) is 44.8 Å². The number of nitrogens with zero attached hydrogens (tertiary/aromatic N) is 6. The lowest BCUT2D eigenvalue weighted by Crippen LogP contribution is -2.02. The van der Waals surface area contributed by atoms with Crippen LogP contribution in [0.2, 0.25) is 30.1 Å². The summed E-state index contributed by atoms with van der Waals surface area (Å²) < 4.78 is 11.5. The van der Waals surface area contributed by atoms with Gasteiger partial charge in [-0.2, -0.15) is 0 Å². The van der Waals surface area contributed by atoms with E-state index in [1.54, 1.807) is 68.3 Å². The Morgan fingerprint density at radius 2 is 1.21 bits per heavy atom. The summed E-state index contributed by atoms with van der Waals surface area (Å²) in [5, 5.41) is 10.2. The number of pyridine rings is 2. The summed E-state index contributed by atoms with van der Waals surface area (Å²) >= 11 is 39.2. The predicted octanol–water partition coefficient (Wildman–Crippen LogP) is 13.2. The lowest BCUT2D eigenvalue weighted by molar-refractivity contribution is 0.311. The van der Waals surface area contributed by atoms with Crippen LogP contribution in [0.25, 0.3) is 55.7 Å². The van der Waals surface area contributed by atoms with E-state index in [2.05, 4.69) is 20.6 Å². The van der Waals surface area contributed by atoms with Gasteiger partial charge < -0.3 is 20.1 Å². The molecule has 16 heteroatoms. The fourth-order valence-corrected chi connectivity index (χ4v) is 7.40.